The van der Waals surface area contributed by atoms with Crippen molar-refractivity contribution in [2.75, 3.05) is 25.6 Å². The summed E-state index contributed by atoms with van der Waals surface area (Å²) in [7, 11) is 3.84. The van der Waals surface area contributed by atoms with Gasteiger partial charge in [-0.05, 0) is 43.3 Å². The molecule has 2 aromatic rings. The number of benzene rings is 2. The van der Waals surface area contributed by atoms with Gasteiger partial charge in [0, 0.05) is 35.9 Å². The maximum Gasteiger partial charge on any atom is 0.271 e. The van der Waals surface area contributed by atoms with Crippen LogP contribution in [0.5, 0.6) is 5.75 Å². The summed E-state index contributed by atoms with van der Waals surface area (Å²) in [6.07, 6.45) is 1.52. The van der Waals surface area contributed by atoms with Gasteiger partial charge in [0.15, 0.2) is 0 Å². The van der Waals surface area contributed by atoms with Gasteiger partial charge in [0.1, 0.15) is 5.75 Å². The van der Waals surface area contributed by atoms with Gasteiger partial charge >= 0.3 is 0 Å². The molecule has 0 radical (unpaired) electrons. The van der Waals surface area contributed by atoms with Crippen molar-refractivity contribution in [3.05, 3.63) is 58.6 Å². The zero-order valence-corrected chi connectivity index (χ0v) is 14.7. The van der Waals surface area contributed by atoms with E-state index in [4.69, 9.17) is 16.3 Å². The molecule has 0 bridgehead atoms. The van der Waals surface area contributed by atoms with E-state index in [-0.39, 0.29) is 5.91 Å². The molecule has 0 saturated heterocycles. The van der Waals surface area contributed by atoms with E-state index in [0.29, 0.717) is 28.5 Å². The van der Waals surface area contributed by atoms with E-state index < -0.39 is 0 Å². The fourth-order valence-corrected chi connectivity index (χ4v) is 2.24. The summed E-state index contributed by atoms with van der Waals surface area (Å²) in [5, 5.41) is 4.57. The predicted octanol–water partition coefficient (Wildman–Crippen LogP) is 3.57. The first-order valence-electron chi connectivity index (χ1n) is 7.54. The van der Waals surface area contributed by atoms with Crippen molar-refractivity contribution < 1.29 is 9.53 Å². The number of hydrogen-bond acceptors (Lipinski definition) is 4. The number of amides is 1. The molecule has 2 rings (SSSR count). The Morgan fingerprint density at radius 1 is 1.29 bits per heavy atom. The zero-order valence-electron chi connectivity index (χ0n) is 13.9. The smallest absolute Gasteiger partial charge is 0.271 e. The Labute approximate surface area is 146 Å². The largest absolute Gasteiger partial charge is 0.493 e. The molecule has 0 saturated carbocycles. The van der Waals surface area contributed by atoms with Crippen molar-refractivity contribution in [2.45, 2.75) is 6.92 Å². The Morgan fingerprint density at radius 2 is 2.08 bits per heavy atom. The second-order valence-corrected chi connectivity index (χ2v) is 5.70. The van der Waals surface area contributed by atoms with Crippen LogP contribution >= 0.6 is 11.6 Å². The molecule has 2 aromatic carbocycles. The Kier molecular flexibility index (Phi) is 6.21. The molecule has 0 atom stereocenters. The van der Waals surface area contributed by atoms with Crippen LogP contribution in [-0.4, -0.2) is 32.8 Å². The summed E-state index contributed by atoms with van der Waals surface area (Å²) in [5.41, 5.74) is 4.70. The number of anilines is 1. The average molecular weight is 346 g/mol. The summed E-state index contributed by atoms with van der Waals surface area (Å²) >= 11 is 5.99. The lowest BCUT2D eigenvalue weighted by molar-refractivity contribution is 0.0955. The van der Waals surface area contributed by atoms with E-state index in [9.17, 15) is 4.79 Å². The van der Waals surface area contributed by atoms with Gasteiger partial charge in [-0.15, -0.1) is 0 Å². The first-order valence-corrected chi connectivity index (χ1v) is 7.92. The molecule has 0 fully saturated rings. The highest BCUT2D eigenvalue weighted by atomic mass is 35.5. The van der Waals surface area contributed by atoms with Crippen LogP contribution in [-0.2, 0) is 0 Å². The van der Waals surface area contributed by atoms with Crippen molar-refractivity contribution in [1.82, 2.24) is 5.43 Å². The standard InChI is InChI=1S/C18H20ClN3O2/c1-4-24-17-9-8-15(19)10-14(17)12-20-21-18(23)13-6-5-7-16(11-13)22(2)3/h5-12H,4H2,1-3H3,(H,21,23)/b20-12-. The van der Waals surface area contributed by atoms with Crippen molar-refractivity contribution in [1.29, 1.82) is 0 Å². The number of nitrogens with one attached hydrogen (secondary N) is 1. The van der Waals surface area contributed by atoms with E-state index >= 15 is 0 Å². The number of hydrazone groups is 1. The Morgan fingerprint density at radius 3 is 2.79 bits per heavy atom. The van der Waals surface area contributed by atoms with E-state index in [1.165, 1.54) is 6.21 Å². The van der Waals surface area contributed by atoms with Crippen molar-refractivity contribution >= 4 is 29.4 Å². The molecule has 0 spiro atoms. The van der Waals surface area contributed by atoms with Crippen LogP contribution in [0.25, 0.3) is 0 Å². The van der Waals surface area contributed by atoms with Crippen LogP contribution in [0.3, 0.4) is 0 Å². The van der Waals surface area contributed by atoms with Crippen molar-refractivity contribution in [3.63, 3.8) is 0 Å². The molecule has 0 aromatic heterocycles. The topological polar surface area (TPSA) is 53.9 Å². The SMILES string of the molecule is CCOc1ccc(Cl)cc1/C=N\NC(=O)c1cccc(N(C)C)c1. The Hall–Kier alpha value is -2.53. The van der Waals surface area contributed by atoms with E-state index in [2.05, 4.69) is 10.5 Å². The number of carbonyl (C=O) groups excluding carboxylic acids is 1. The van der Waals surface area contributed by atoms with Gasteiger partial charge in [0.2, 0.25) is 0 Å². The lowest BCUT2D eigenvalue weighted by Crippen LogP contribution is -2.18. The molecular weight excluding hydrogens is 326 g/mol. The summed E-state index contributed by atoms with van der Waals surface area (Å²) in [4.78, 5) is 14.1. The summed E-state index contributed by atoms with van der Waals surface area (Å²) < 4.78 is 5.51. The predicted molar refractivity (Wildman–Crippen MR) is 98.5 cm³/mol. The quantitative estimate of drug-likeness (QED) is 0.643. The van der Waals surface area contributed by atoms with Crippen LogP contribution in [0.2, 0.25) is 5.02 Å². The number of rotatable bonds is 6. The van der Waals surface area contributed by atoms with Crippen LogP contribution < -0.4 is 15.1 Å². The molecule has 6 heteroatoms. The third-order valence-corrected chi connectivity index (χ3v) is 3.50. The van der Waals surface area contributed by atoms with E-state index in [1.807, 2.05) is 38.1 Å². The number of hydrogen-bond donors (Lipinski definition) is 1. The van der Waals surface area contributed by atoms with Crippen molar-refractivity contribution in [2.24, 2.45) is 5.10 Å². The van der Waals surface area contributed by atoms with Gasteiger partial charge in [0.05, 0.1) is 12.8 Å². The van der Waals surface area contributed by atoms with Gasteiger partial charge in [-0.1, -0.05) is 17.7 Å². The normalized spacial score (nSPS) is 10.7. The number of halogens is 1. The Balaban J connectivity index is 2.10. The molecule has 24 heavy (non-hydrogen) atoms. The molecule has 1 amide bonds. The molecule has 5 nitrogen and oxygen atoms in total. The van der Waals surface area contributed by atoms with Gasteiger partial charge in [-0.3, -0.25) is 4.79 Å². The lowest BCUT2D eigenvalue weighted by Gasteiger charge is -2.12. The van der Waals surface area contributed by atoms with E-state index in [0.717, 1.165) is 5.69 Å². The van der Waals surface area contributed by atoms with E-state index in [1.54, 1.807) is 30.3 Å². The van der Waals surface area contributed by atoms with Crippen LogP contribution in [0.15, 0.2) is 47.6 Å². The van der Waals surface area contributed by atoms with Crippen LogP contribution in [0, 0.1) is 0 Å². The third kappa shape index (κ3) is 4.73. The van der Waals surface area contributed by atoms with Gasteiger partial charge < -0.3 is 9.64 Å². The van der Waals surface area contributed by atoms with Gasteiger partial charge in [0.25, 0.3) is 5.91 Å². The fraction of sp³-hybridized carbons (Fsp3) is 0.222. The van der Waals surface area contributed by atoms with Crippen LogP contribution in [0.1, 0.15) is 22.8 Å². The minimum absolute atomic E-state index is 0.282. The molecule has 0 aliphatic carbocycles. The minimum atomic E-state index is -0.282. The average Bonchev–Trinajstić information content (AvgIpc) is 2.57. The molecule has 0 heterocycles. The first kappa shape index (κ1) is 17.8. The maximum absolute atomic E-state index is 12.2. The molecule has 0 unspecified atom stereocenters. The number of nitrogens with zero attached hydrogens (tertiary/aromatic N) is 2. The molecule has 0 aliphatic rings. The highest BCUT2D eigenvalue weighted by molar-refractivity contribution is 6.30. The molecule has 0 aliphatic heterocycles. The monoisotopic (exact) mass is 345 g/mol. The summed E-state index contributed by atoms with van der Waals surface area (Å²) in [6.45, 7) is 2.43. The second kappa shape index (κ2) is 8.36. The summed E-state index contributed by atoms with van der Waals surface area (Å²) in [5.74, 6) is 0.379. The maximum atomic E-state index is 12.2. The highest BCUT2D eigenvalue weighted by Crippen LogP contribution is 2.21. The number of carbonyl (C=O) groups is 1. The minimum Gasteiger partial charge on any atom is -0.493 e. The highest BCUT2D eigenvalue weighted by Gasteiger charge is 2.06. The summed E-state index contributed by atoms with van der Waals surface area (Å²) in [6, 6.07) is 12.6. The first-order chi connectivity index (χ1) is 11.5. The lowest BCUT2D eigenvalue weighted by atomic mass is 10.2. The van der Waals surface area contributed by atoms with Crippen molar-refractivity contribution in [3.8, 4) is 5.75 Å². The molecule has 126 valence electrons. The number of ether oxygens (including phenoxy) is 1. The van der Waals surface area contributed by atoms with Gasteiger partial charge in [-0.25, -0.2) is 5.43 Å². The fourth-order valence-electron chi connectivity index (χ4n) is 2.06. The van der Waals surface area contributed by atoms with Crippen LogP contribution in [0.4, 0.5) is 5.69 Å². The molecule has 1 N–H and O–H groups in total. The second-order valence-electron chi connectivity index (χ2n) is 5.26. The van der Waals surface area contributed by atoms with Gasteiger partial charge in [-0.2, -0.15) is 5.10 Å². The molecular formula is C18H20ClN3O2. The third-order valence-electron chi connectivity index (χ3n) is 3.27. The zero-order chi connectivity index (χ0) is 17.5. The Bertz CT molecular complexity index is 745.